The van der Waals surface area contributed by atoms with Gasteiger partial charge < -0.3 is 15.0 Å². The highest BCUT2D eigenvalue weighted by atomic mass is 16.5. The lowest BCUT2D eigenvalue weighted by atomic mass is 9.91. The minimum absolute atomic E-state index is 0.0709. The summed E-state index contributed by atoms with van der Waals surface area (Å²) in [5.41, 5.74) is 3.78. The summed E-state index contributed by atoms with van der Waals surface area (Å²) in [4.78, 5) is 25.9. The normalized spacial score (nSPS) is 14.0. The molecule has 1 atom stereocenters. The first-order chi connectivity index (χ1) is 13.0. The molecule has 1 N–H and O–H groups in total. The Morgan fingerprint density at radius 1 is 1.04 bits per heavy atom. The second-order valence-corrected chi connectivity index (χ2v) is 7.13. The fourth-order valence-electron chi connectivity index (χ4n) is 3.30. The summed E-state index contributed by atoms with van der Waals surface area (Å²) in [6.45, 7) is 1.75. The molecule has 2 aromatic carbocycles. The third-order valence-electron chi connectivity index (χ3n) is 4.83. The Balaban J connectivity index is 1.64. The third-order valence-corrected chi connectivity index (χ3v) is 4.83. The van der Waals surface area contributed by atoms with Gasteiger partial charge in [-0.1, -0.05) is 12.1 Å². The van der Waals surface area contributed by atoms with E-state index in [1.807, 2.05) is 12.1 Å². The number of anilines is 1. The van der Waals surface area contributed by atoms with E-state index in [0.29, 0.717) is 11.3 Å². The summed E-state index contributed by atoms with van der Waals surface area (Å²) in [5.74, 6) is 0.523. The zero-order chi connectivity index (χ0) is 19.4. The van der Waals surface area contributed by atoms with E-state index in [9.17, 15) is 9.59 Å². The van der Waals surface area contributed by atoms with Crippen LogP contribution in [0.15, 0.2) is 42.5 Å². The van der Waals surface area contributed by atoms with Crippen LogP contribution < -0.4 is 10.1 Å². The molecular formula is C22H26N2O3. The maximum atomic E-state index is 12.5. The first-order valence-corrected chi connectivity index (χ1v) is 9.35. The van der Waals surface area contributed by atoms with E-state index in [1.54, 1.807) is 45.3 Å². The fourth-order valence-corrected chi connectivity index (χ4v) is 3.30. The number of nitrogens with one attached hydrogen (secondary N) is 1. The smallest absolute Gasteiger partial charge is 0.265 e. The van der Waals surface area contributed by atoms with E-state index in [2.05, 4.69) is 11.4 Å². The summed E-state index contributed by atoms with van der Waals surface area (Å²) < 4.78 is 5.97. The van der Waals surface area contributed by atoms with Crippen molar-refractivity contribution in [3.05, 3.63) is 59.2 Å². The maximum Gasteiger partial charge on any atom is 0.265 e. The van der Waals surface area contributed by atoms with Crippen molar-refractivity contribution in [3.63, 3.8) is 0 Å². The van der Waals surface area contributed by atoms with Crippen molar-refractivity contribution in [1.29, 1.82) is 0 Å². The van der Waals surface area contributed by atoms with E-state index in [4.69, 9.17) is 4.74 Å². The van der Waals surface area contributed by atoms with Crippen molar-refractivity contribution in [2.45, 2.75) is 38.7 Å². The SMILES string of the molecule is C[C@@H](Oc1cccc2c1CCCC2)C(=O)Nc1ccc(C(=O)N(C)C)cc1. The van der Waals surface area contributed by atoms with Crippen molar-refractivity contribution < 1.29 is 14.3 Å². The molecule has 0 saturated carbocycles. The quantitative estimate of drug-likeness (QED) is 0.878. The second-order valence-electron chi connectivity index (χ2n) is 7.13. The van der Waals surface area contributed by atoms with E-state index < -0.39 is 6.10 Å². The summed E-state index contributed by atoms with van der Waals surface area (Å²) in [6, 6.07) is 12.9. The van der Waals surface area contributed by atoms with Gasteiger partial charge in [-0.2, -0.15) is 0 Å². The van der Waals surface area contributed by atoms with Crippen LogP contribution in [-0.4, -0.2) is 36.9 Å². The molecule has 0 saturated heterocycles. The zero-order valence-electron chi connectivity index (χ0n) is 16.1. The van der Waals surface area contributed by atoms with Gasteiger partial charge in [-0.15, -0.1) is 0 Å². The first-order valence-electron chi connectivity index (χ1n) is 9.35. The largest absolute Gasteiger partial charge is 0.481 e. The summed E-state index contributed by atoms with van der Waals surface area (Å²) in [6.07, 6.45) is 3.83. The van der Waals surface area contributed by atoms with Crippen molar-refractivity contribution in [1.82, 2.24) is 4.90 Å². The highest BCUT2D eigenvalue weighted by molar-refractivity contribution is 5.96. The number of benzene rings is 2. The molecule has 5 nitrogen and oxygen atoms in total. The average Bonchev–Trinajstić information content (AvgIpc) is 2.68. The summed E-state index contributed by atoms with van der Waals surface area (Å²) in [7, 11) is 3.42. The molecule has 0 bridgehead atoms. The Morgan fingerprint density at radius 2 is 1.74 bits per heavy atom. The van der Waals surface area contributed by atoms with Gasteiger partial charge in [0.2, 0.25) is 0 Å². The number of carbonyl (C=O) groups is 2. The number of ether oxygens (including phenoxy) is 1. The van der Waals surface area contributed by atoms with Crippen LogP contribution in [0.3, 0.4) is 0 Å². The number of nitrogens with zero attached hydrogens (tertiary/aromatic N) is 1. The number of amides is 2. The van der Waals surface area contributed by atoms with Crippen LogP contribution in [0.5, 0.6) is 5.75 Å². The molecule has 5 heteroatoms. The van der Waals surface area contributed by atoms with Gasteiger partial charge in [0.15, 0.2) is 6.10 Å². The molecule has 2 amide bonds. The van der Waals surface area contributed by atoms with Crippen molar-refractivity contribution in [2.24, 2.45) is 0 Å². The standard InChI is InChI=1S/C22H26N2O3/c1-15(27-20-10-6-8-16-7-4-5-9-19(16)20)21(25)23-18-13-11-17(12-14-18)22(26)24(2)3/h6,8,10-15H,4-5,7,9H2,1-3H3,(H,23,25)/t15-/m1/s1. The predicted octanol–water partition coefficient (Wildman–Crippen LogP) is 3.67. The molecule has 0 spiro atoms. The minimum atomic E-state index is -0.610. The topological polar surface area (TPSA) is 58.6 Å². The van der Waals surface area contributed by atoms with Crippen molar-refractivity contribution >= 4 is 17.5 Å². The lowest BCUT2D eigenvalue weighted by Crippen LogP contribution is -2.30. The van der Waals surface area contributed by atoms with Crippen molar-refractivity contribution in [3.8, 4) is 5.75 Å². The molecule has 0 fully saturated rings. The Labute approximate surface area is 160 Å². The number of hydrogen-bond donors (Lipinski definition) is 1. The van der Waals surface area contributed by atoms with E-state index in [1.165, 1.54) is 22.4 Å². The van der Waals surface area contributed by atoms with Gasteiger partial charge in [0.1, 0.15) is 5.75 Å². The molecule has 0 heterocycles. The number of carbonyl (C=O) groups excluding carboxylic acids is 2. The van der Waals surface area contributed by atoms with Crippen LogP contribution in [0.2, 0.25) is 0 Å². The highest BCUT2D eigenvalue weighted by Crippen LogP contribution is 2.30. The lowest BCUT2D eigenvalue weighted by molar-refractivity contribution is -0.122. The van der Waals surface area contributed by atoms with Crippen molar-refractivity contribution in [2.75, 3.05) is 19.4 Å². The monoisotopic (exact) mass is 366 g/mol. The molecule has 1 aliphatic rings. The van der Waals surface area contributed by atoms with Gasteiger partial charge in [0.05, 0.1) is 0 Å². The first kappa shape index (κ1) is 19.0. The molecule has 2 aromatic rings. The lowest BCUT2D eigenvalue weighted by Gasteiger charge is -2.22. The Hall–Kier alpha value is -2.82. The van der Waals surface area contributed by atoms with Crippen LogP contribution >= 0.6 is 0 Å². The van der Waals surface area contributed by atoms with Gasteiger partial charge in [-0.25, -0.2) is 0 Å². The van der Waals surface area contributed by atoms with Gasteiger partial charge in [0.25, 0.3) is 11.8 Å². The molecule has 27 heavy (non-hydrogen) atoms. The highest BCUT2D eigenvalue weighted by Gasteiger charge is 2.19. The van der Waals surface area contributed by atoms with Crippen LogP contribution in [-0.2, 0) is 17.6 Å². The molecule has 142 valence electrons. The number of hydrogen-bond acceptors (Lipinski definition) is 3. The van der Waals surface area contributed by atoms with Crippen LogP contribution in [0.25, 0.3) is 0 Å². The maximum absolute atomic E-state index is 12.5. The molecule has 1 aliphatic carbocycles. The summed E-state index contributed by atoms with van der Waals surface area (Å²) in [5, 5.41) is 2.85. The third kappa shape index (κ3) is 4.48. The molecule has 0 aromatic heterocycles. The number of aryl methyl sites for hydroxylation is 1. The minimum Gasteiger partial charge on any atom is -0.481 e. The van der Waals surface area contributed by atoms with Crippen LogP contribution in [0, 0.1) is 0 Å². The summed E-state index contributed by atoms with van der Waals surface area (Å²) >= 11 is 0. The second kappa shape index (κ2) is 8.25. The Kier molecular flexibility index (Phi) is 5.79. The number of fused-ring (bicyclic) bond motifs is 1. The average molecular weight is 366 g/mol. The Bertz CT molecular complexity index is 828. The number of rotatable bonds is 5. The van der Waals surface area contributed by atoms with Crippen LogP contribution in [0.1, 0.15) is 41.3 Å². The Morgan fingerprint density at radius 3 is 2.44 bits per heavy atom. The van der Waals surface area contributed by atoms with Gasteiger partial charge in [0, 0.05) is 25.3 Å². The molecule has 0 unspecified atom stereocenters. The molecule has 3 rings (SSSR count). The van der Waals surface area contributed by atoms with E-state index in [0.717, 1.165) is 25.0 Å². The van der Waals surface area contributed by atoms with E-state index >= 15 is 0 Å². The van der Waals surface area contributed by atoms with Gasteiger partial charge in [-0.05, 0) is 74.1 Å². The molecule has 0 aliphatic heterocycles. The zero-order valence-corrected chi connectivity index (χ0v) is 16.1. The predicted molar refractivity (Wildman–Crippen MR) is 106 cm³/mol. The van der Waals surface area contributed by atoms with Gasteiger partial charge >= 0.3 is 0 Å². The molecule has 0 radical (unpaired) electrons. The van der Waals surface area contributed by atoms with Gasteiger partial charge in [-0.3, -0.25) is 9.59 Å². The van der Waals surface area contributed by atoms with E-state index in [-0.39, 0.29) is 11.8 Å². The molecular weight excluding hydrogens is 340 g/mol. The fraction of sp³-hybridized carbons (Fsp3) is 0.364. The van der Waals surface area contributed by atoms with Crippen LogP contribution in [0.4, 0.5) is 5.69 Å².